The number of alkyl halides is 3. The molecule has 2 aromatic rings. The van der Waals surface area contributed by atoms with Crippen molar-refractivity contribution in [3.8, 4) is 0 Å². The predicted octanol–water partition coefficient (Wildman–Crippen LogP) is 3.53. The first kappa shape index (κ1) is 26.7. The standard InChI is InChI=1S/C21H25F3N2O5S2/c1-15(16-9-11-19(12-10-16)32(2,28)29)25-20(27)8-5-13-26(33(3,30)31)18-7-4-6-17(14-18)21(22,23)24/h4,6-7,9-12,14-15H,5,8,13H2,1-3H3,(H,25,27). The average molecular weight is 507 g/mol. The highest BCUT2D eigenvalue weighted by molar-refractivity contribution is 7.92. The Hall–Kier alpha value is -2.60. The summed E-state index contributed by atoms with van der Waals surface area (Å²) in [5, 5.41) is 2.73. The highest BCUT2D eigenvalue weighted by Crippen LogP contribution is 2.32. The summed E-state index contributed by atoms with van der Waals surface area (Å²) < 4.78 is 87.1. The normalized spacial score (nSPS) is 13.4. The molecule has 1 N–H and O–H groups in total. The van der Waals surface area contributed by atoms with Crippen LogP contribution in [-0.4, -0.2) is 41.8 Å². The molecule has 33 heavy (non-hydrogen) atoms. The van der Waals surface area contributed by atoms with Crippen molar-refractivity contribution in [1.82, 2.24) is 5.32 Å². The van der Waals surface area contributed by atoms with Gasteiger partial charge in [-0.1, -0.05) is 18.2 Å². The monoisotopic (exact) mass is 506 g/mol. The Balaban J connectivity index is 2.01. The van der Waals surface area contributed by atoms with E-state index in [1.165, 1.54) is 18.2 Å². The van der Waals surface area contributed by atoms with E-state index >= 15 is 0 Å². The van der Waals surface area contributed by atoms with Crippen LogP contribution in [0.25, 0.3) is 0 Å². The second-order valence-corrected chi connectivity index (χ2v) is 11.5. The fourth-order valence-corrected chi connectivity index (χ4v) is 4.70. The Labute approximate surface area is 191 Å². The number of carbonyl (C=O) groups is 1. The average Bonchev–Trinajstić information content (AvgIpc) is 2.69. The maximum atomic E-state index is 13.0. The number of carbonyl (C=O) groups excluding carboxylic acids is 1. The van der Waals surface area contributed by atoms with Crippen molar-refractivity contribution in [2.45, 2.75) is 36.9 Å². The van der Waals surface area contributed by atoms with Gasteiger partial charge in [-0.2, -0.15) is 13.2 Å². The second-order valence-electron chi connectivity index (χ2n) is 7.62. The number of halogens is 3. The molecule has 0 fully saturated rings. The Morgan fingerprint density at radius 3 is 2.15 bits per heavy atom. The number of nitrogens with zero attached hydrogens (tertiary/aromatic N) is 1. The third-order valence-corrected chi connectivity index (χ3v) is 7.14. The van der Waals surface area contributed by atoms with Gasteiger partial charge in [-0.05, 0) is 49.2 Å². The van der Waals surface area contributed by atoms with Gasteiger partial charge in [0.05, 0.1) is 28.4 Å². The van der Waals surface area contributed by atoms with E-state index in [4.69, 9.17) is 0 Å². The summed E-state index contributed by atoms with van der Waals surface area (Å²) in [5.74, 6) is -0.382. The summed E-state index contributed by atoms with van der Waals surface area (Å²) in [4.78, 5) is 12.4. The molecule has 0 bridgehead atoms. The van der Waals surface area contributed by atoms with E-state index in [2.05, 4.69) is 5.32 Å². The van der Waals surface area contributed by atoms with Gasteiger partial charge in [-0.15, -0.1) is 0 Å². The summed E-state index contributed by atoms with van der Waals surface area (Å²) in [7, 11) is -7.21. The number of amides is 1. The first-order valence-electron chi connectivity index (χ1n) is 9.83. The van der Waals surface area contributed by atoms with E-state index in [-0.39, 0.29) is 35.9 Å². The van der Waals surface area contributed by atoms with E-state index in [9.17, 15) is 34.8 Å². The fourth-order valence-electron chi connectivity index (χ4n) is 3.11. The second kappa shape index (κ2) is 10.1. The van der Waals surface area contributed by atoms with Gasteiger partial charge in [-0.25, -0.2) is 16.8 Å². The van der Waals surface area contributed by atoms with Crippen molar-refractivity contribution in [2.75, 3.05) is 23.4 Å². The molecule has 12 heteroatoms. The van der Waals surface area contributed by atoms with Gasteiger partial charge in [0.1, 0.15) is 0 Å². The lowest BCUT2D eigenvalue weighted by Gasteiger charge is -2.23. The van der Waals surface area contributed by atoms with Crippen molar-refractivity contribution >= 4 is 31.5 Å². The number of hydrogen-bond donors (Lipinski definition) is 1. The quantitative estimate of drug-likeness (QED) is 0.561. The molecule has 1 atom stereocenters. The zero-order valence-corrected chi connectivity index (χ0v) is 19.9. The Morgan fingerprint density at radius 2 is 1.64 bits per heavy atom. The Bertz CT molecular complexity index is 1200. The summed E-state index contributed by atoms with van der Waals surface area (Å²) >= 11 is 0. The van der Waals surface area contributed by atoms with Crippen LogP contribution in [0.15, 0.2) is 53.4 Å². The van der Waals surface area contributed by atoms with Crippen LogP contribution in [0.4, 0.5) is 18.9 Å². The summed E-state index contributed by atoms with van der Waals surface area (Å²) in [6.45, 7) is 1.53. The first-order valence-corrected chi connectivity index (χ1v) is 13.6. The topological polar surface area (TPSA) is 101 Å². The molecular weight excluding hydrogens is 481 g/mol. The van der Waals surface area contributed by atoms with Gasteiger partial charge >= 0.3 is 6.18 Å². The molecule has 0 radical (unpaired) electrons. The maximum absolute atomic E-state index is 13.0. The van der Waals surface area contributed by atoms with Crippen LogP contribution in [0.2, 0.25) is 0 Å². The van der Waals surface area contributed by atoms with Crippen molar-refractivity contribution < 1.29 is 34.8 Å². The van der Waals surface area contributed by atoms with Crippen molar-refractivity contribution in [1.29, 1.82) is 0 Å². The third kappa shape index (κ3) is 7.74. The molecule has 0 aliphatic rings. The molecule has 2 aromatic carbocycles. The minimum atomic E-state index is -4.62. The Morgan fingerprint density at radius 1 is 1.03 bits per heavy atom. The summed E-state index contributed by atoms with van der Waals surface area (Å²) in [6, 6.07) is 9.60. The molecule has 0 saturated carbocycles. The molecule has 2 rings (SSSR count). The highest BCUT2D eigenvalue weighted by Gasteiger charge is 2.31. The highest BCUT2D eigenvalue weighted by atomic mass is 32.2. The predicted molar refractivity (Wildman–Crippen MR) is 119 cm³/mol. The number of hydrogen-bond acceptors (Lipinski definition) is 5. The molecule has 182 valence electrons. The molecule has 0 heterocycles. The van der Waals surface area contributed by atoms with Gasteiger partial charge in [0.2, 0.25) is 15.9 Å². The van der Waals surface area contributed by atoms with Crippen LogP contribution in [0, 0.1) is 0 Å². The number of benzene rings is 2. The lowest BCUT2D eigenvalue weighted by Crippen LogP contribution is -2.32. The van der Waals surface area contributed by atoms with E-state index < -0.39 is 37.6 Å². The fraction of sp³-hybridized carbons (Fsp3) is 0.381. The van der Waals surface area contributed by atoms with Gasteiger partial charge in [-0.3, -0.25) is 9.10 Å². The molecule has 0 aliphatic carbocycles. The molecule has 0 saturated heterocycles. The van der Waals surface area contributed by atoms with E-state index in [1.54, 1.807) is 19.1 Å². The van der Waals surface area contributed by atoms with Crippen molar-refractivity contribution in [2.24, 2.45) is 0 Å². The van der Waals surface area contributed by atoms with Crippen LogP contribution in [-0.2, 0) is 30.8 Å². The first-order chi connectivity index (χ1) is 15.1. The maximum Gasteiger partial charge on any atom is 0.416 e. The zero-order valence-electron chi connectivity index (χ0n) is 18.3. The summed E-state index contributed by atoms with van der Waals surface area (Å²) in [5.41, 5.74) is -0.424. The molecule has 0 aliphatic heterocycles. The molecule has 0 spiro atoms. The lowest BCUT2D eigenvalue weighted by atomic mass is 10.1. The van der Waals surface area contributed by atoms with Crippen LogP contribution in [0.3, 0.4) is 0 Å². The number of rotatable bonds is 9. The number of nitrogens with one attached hydrogen (secondary N) is 1. The zero-order chi connectivity index (χ0) is 25.0. The van der Waals surface area contributed by atoms with Crippen LogP contribution >= 0.6 is 0 Å². The van der Waals surface area contributed by atoms with Crippen molar-refractivity contribution in [3.63, 3.8) is 0 Å². The molecule has 7 nitrogen and oxygen atoms in total. The number of sulfonamides is 1. The Kier molecular flexibility index (Phi) is 8.18. The van der Waals surface area contributed by atoms with Gasteiger partial charge < -0.3 is 5.32 Å². The number of anilines is 1. The van der Waals surface area contributed by atoms with Gasteiger partial charge in [0.25, 0.3) is 0 Å². The molecular formula is C21H25F3N2O5S2. The smallest absolute Gasteiger partial charge is 0.350 e. The summed E-state index contributed by atoms with van der Waals surface area (Å²) in [6.07, 6.45) is -2.62. The van der Waals surface area contributed by atoms with Crippen LogP contribution in [0.1, 0.15) is 36.9 Å². The van der Waals surface area contributed by atoms with Crippen LogP contribution < -0.4 is 9.62 Å². The third-order valence-electron chi connectivity index (χ3n) is 4.81. The van der Waals surface area contributed by atoms with E-state index in [1.807, 2.05) is 0 Å². The molecule has 1 amide bonds. The molecule has 1 unspecified atom stereocenters. The minimum Gasteiger partial charge on any atom is -0.350 e. The SMILES string of the molecule is CC(NC(=O)CCCN(c1cccc(C(F)(F)F)c1)S(C)(=O)=O)c1ccc(S(C)(=O)=O)cc1. The van der Waals surface area contributed by atoms with E-state index in [0.29, 0.717) is 5.56 Å². The van der Waals surface area contributed by atoms with E-state index in [0.717, 1.165) is 35.0 Å². The number of sulfone groups is 1. The molecule has 0 aromatic heterocycles. The minimum absolute atomic E-state index is 0.0588. The van der Waals surface area contributed by atoms with Crippen molar-refractivity contribution in [3.05, 3.63) is 59.7 Å². The largest absolute Gasteiger partial charge is 0.416 e. The van der Waals surface area contributed by atoms with Crippen LogP contribution in [0.5, 0.6) is 0 Å². The van der Waals surface area contributed by atoms with Gasteiger partial charge in [0, 0.05) is 19.2 Å². The van der Waals surface area contributed by atoms with Gasteiger partial charge in [0.15, 0.2) is 9.84 Å². The lowest BCUT2D eigenvalue weighted by molar-refractivity contribution is -0.137.